The zero-order chi connectivity index (χ0) is 17.4. The number of aromatic nitrogens is 2. The van der Waals surface area contributed by atoms with Crippen LogP contribution in [0.5, 0.6) is 10.9 Å². The van der Waals surface area contributed by atoms with Crippen molar-refractivity contribution < 1.29 is 9.53 Å². The van der Waals surface area contributed by atoms with Gasteiger partial charge in [0.2, 0.25) is 5.01 Å². The number of nitrogens with zero attached hydrogens (tertiary/aromatic N) is 3. The summed E-state index contributed by atoms with van der Waals surface area (Å²) < 4.78 is 5.62. The smallest absolute Gasteiger partial charge is 0.300 e. The number of piperidine rings is 3. The molecule has 3 aliphatic heterocycles. The highest BCUT2D eigenvalue weighted by atomic mass is 35.5. The summed E-state index contributed by atoms with van der Waals surface area (Å²) in [7, 11) is 0. The van der Waals surface area contributed by atoms with Crippen LogP contribution in [0.25, 0.3) is 0 Å². The first-order chi connectivity index (χ1) is 12.1. The number of amides is 1. The molecule has 0 saturated carbocycles. The Morgan fingerprint density at radius 1 is 1.28 bits per heavy atom. The number of hydrogen-bond donors (Lipinski definition) is 1. The quantitative estimate of drug-likeness (QED) is 0.884. The first kappa shape index (κ1) is 16.8. The number of carbonyl (C=O) groups is 1. The molecule has 2 aromatic rings. The van der Waals surface area contributed by atoms with Gasteiger partial charge in [0.05, 0.1) is 0 Å². The maximum absolute atomic E-state index is 12.6. The summed E-state index contributed by atoms with van der Waals surface area (Å²) >= 11 is 7.00. The van der Waals surface area contributed by atoms with E-state index in [2.05, 4.69) is 27.3 Å². The summed E-state index contributed by atoms with van der Waals surface area (Å²) in [6, 6.07) is 7.52. The highest BCUT2D eigenvalue weighted by Gasteiger charge is 2.40. The van der Waals surface area contributed by atoms with Gasteiger partial charge >= 0.3 is 0 Å². The van der Waals surface area contributed by atoms with E-state index in [1.807, 2.05) is 0 Å². The van der Waals surface area contributed by atoms with Crippen molar-refractivity contribution in [2.24, 2.45) is 5.92 Å². The zero-order valence-electron chi connectivity index (χ0n) is 13.8. The first-order valence-electron chi connectivity index (χ1n) is 8.42. The molecule has 4 heterocycles. The fourth-order valence-corrected chi connectivity index (χ4v) is 4.45. The number of rotatable bonds is 4. The lowest BCUT2D eigenvalue weighted by Crippen LogP contribution is -2.62. The molecule has 2 atom stereocenters. The Morgan fingerprint density at radius 2 is 2.00 bits per heavy atom. The Kier molecular flexibility index (Phi) is 4.62. The van der Waals surface area contributed by atoms with E-state index in [-0.39, 0.29) is 11.9 Å². The monoisotopic (exact) mass is 378 g/mol. The van der Waals surface area contributed by atoms with Crippen LogP contribution in [0, 0.1) is 5.92 Å². The first-order valence-corrected chi connectivity index (χ1v) is 9.61. The summed E-state index contributed by atoms with van der Waals surface area (Å²) in [5.41, 5.74) is 0. The minimum atomic E-state index is -0.172. The fraction of sp³-hybridized carbons (Fsp3) is 0.471. The van der Waals surface area contributed by atoms with E-state index in [4.69, 9.17) is 16.3 Å². The topological polar surface area (TPSA) is 67.3 Å². The molecule has 1 aromatic heterocycles. The van der Waals surface area contributed by atoms with Crippen molar-refractivity contribution >= 4 is 28.8 Å². The molecule has 3 fully saturated rings. The van der Waals surface area contributed by atoms with Crippen LogP contribution in [0.3, 0.4) is 0 Å². The molecule has 25 heavy (non-hydrogen) atoms. The van der Waals surface area contributed by atoms with Crippen molar-refractivity contribution in [1.29, 1.82) is 0 Å². The number of benzene rings is 1. The summed E-state index contributed by atoms with van der Waals surface area (Å²) in [6.07, 6.45) is 2.30. The van der Waals surface area contributed by atoms with Gasteiger partial charge in [-0.05, 0) is 74.4 Å². The van der Waals surface area contributed by atoms with Crippen molar-refractivity contribution in [1.82, 2.24) is 20.4 Å². The summed E-state index contributed by atoms with van der Waals surface area (Å²) in [5.74, 6) is 0.995. The number of carbonyl (C=O) groups excluding carboxylic acids is 1. The SMILES string of the molecule is C[C@H]1[C@H](NC(=O)c2nnc(Oc3ccc(Cl)cc3)s2)C2CCN1CC2. The van der Waals surface area contributed by atoms with Crippen molar-refractivity contribution in [3.8, 4) is 10.9 Å². The van der Waals surface area contributed by atoms with E-state index < -0.39 is 0 Å². The van der Waals surface area contributed by atoms with E-state index in [1.165, 1.54) is 0 Å². The van der Waals surface area contributed by atoms with Crippen LogP contribution >= 0.6 is 22.9 Å². The highest BCUT2D eigenvalue weighted by molar-refractivity contribution is 7.15. The predicted octanol–water partition coefficient (Wildman–Crippen LogP) is 3.20. The molecule has 2 bridgehead atoms. The number of hydrogen-bond acceptors (Lipinski definition) is 6. The molecule has 3 aliphatic rings. The Morgan fingerprint density at radius 3 is 2.68 bits per heavy atom. The number of ether oxygens (including phenoxy) is 1. The number of fused-ring (bicyclic) bond motifs is 3. The molecule has 6 nitrogen and oxygen atoms in total. The van der Waals surface area contributed by atoms with Gasteiger partial charge in [-0.2, -0.15) is 0 Å². The molecule has 8 heteroatoms. The standard InChI is InChI=1S/C17H19ClN4O2S/c1-10-14(11-6-8-22(10)9-7-11)19-15(23)16-20-21-17(25-16)24-13-4-2-12(18)3-5-13/h2-5,10-11,14H,6-9H2,1H3,(H,19,23)/t10-,14-/m0/s1. The molecular weight excluding hydrogens is 360 g/mol. The maximum atomic E-state index is 12.6. The van der Waals surface area contributed by atoms with Gasteiger partial charge in [-0.15, -0.1) is 5.10 Å². The third-order valence-electron chi connectivity index (χ3n) is 5.10. The van der Waals surface area contributed by atoms with E-state index in [1.54, 1.807) is 24.3 Å². The van der Waals surface area contributed by atoms with E-state index in [9.17, 15) is 4.79 Å². The van der Waals surface area contributed by atoms with E-state index in [0.717, 1.165) is 37.3 Å². The van der Waals surface area contributed by atoms with Gasteiger partial charge in [0.1, 0.15) is 5.75 Å². The third kappa shape index (κ3) is 3.49. The van der Waals surface area contributed by atoms with Crippen LogP contribution in [0.2, 0.25) is 5.02 Å². The average molecular weight is 379 g/mol. The van der Waals surface area contributed by atoms with Gasteiger partial charge in [0.25, 0.3) is 11.1 Å². The predicted molar refractivity (Wildman–Crippen MR) is 96.4 cm³/mol. The van der Waals surface area contributed by atoms with E-state index in [0.29, 0.717) is 32.9 Å². The van der Waals surface area contributed by atoms with Crippen LogP contribution in [0.15, 0.2) is 24.3 Å². The van der Waals surface area contributed by atoms with Crippen molar-refractivity contribution in [3.63, 3.8) is 0 Å². The number of halogens is 1. The molecule has 1 N–H and O–H groups in total. The number of nitrogens with one attached hydrogen (secondary N) is 1. The minimum absolute atomic E-state index is 0.172. The minimum Gasteiger partial charge on any atom is -0.430 e. The highest BCUT2D eigenvalue weighted by Crippen LogP contribution is 2.32. The van der Waals surface area contributed by atoms with Gasteiger partial charge in [-0.1, -0.05) is 16.7 Å². The molecule has 132 valence electrons. The second-order valence-corrected chi connectivity index (χ2v) is 7.92. The van der Waals surface area contributed by atoms with Crippen molar-refractivity contribution in [2.45, 2.75) is 31.8 Å². The van der Waals surface area contributed by atoms with Crippen LogP contribution < -0.4 is 10.1 Å². The average Bonchev–Trinajstić information content (AvgIpc) is 3.09. The normalized spacial score (nSPS) is 27.9. The van der Waals surface area contributed by atoms with Gasteiger partial charge < -0.3 is 10.1 Å². The lowest BCUT2D eigenvalue weighted by molar-refractivity contribution is 0.0217. The van der Waals surface area contributed by atoms with Crippen LogP contribution in [-0.2, 0) is 0 Å². The molecule has 5 rings (SSSR count). The molecule has 0 radical (unpaired) electrons. The van der Waals surface area contributed by atoms with Crippen molar-refractivity contribution in [3.05, 3.63) is 34.3 Å². The van der Waals surface area contributed by atoms with Gasteiger partial charge in [0.15, 0.2) is 0 Å². The third-order valence-corrected chi connectivity index (χ3v) is 6.15. The van der Waals surface area contributed by atoms with E-state index >= 15 is 0 Å². The molecule has 1 amide bonds. The summed E-state index contributed by atoms with van der Waals surface area (Å²) in [6.45, 7) is 4.46. The molecule has 3 saturated heterocycles. The second kappa shape index (κ2) is 6.90. The largest absolute Gasteiger partial charge is 0.430 e. The Balaban J connectivity index is 1.41. The van der Waals surface area contributed by atoms with Crippen LogP contribution in [0.1, 0.15) is 29.6 Å². The van der Waals surface area contributed by atoms with Crippen LogP contribution in [0.4, 0.5) is 0 Å². The Hall–Kier alpha value is -1.70. The lowest BCUT2D eigenvalue weighted by Gasteiger charge is -2.49. The zero-order valence-corrected chi connectivity index (χ0v) is 15.4. The van der Waals surface area contributed by atoms with Gasteiger partial charge in [-0.25, -0.2) is 0 Å². The molecule has 0 aliphatic carbocycles. The fourth-order valence-electron chi connectivity index (χ4n) is 3.70. The maximum Gasteiger partial charge on any atom is 0.300 e. The molecule has 1 aromatic carbocycles. The summed E-state index contributed by atoms with van der Waals surface area (Å²) in [5, 5.41) is 12.4. The van der Waals surface area contributed by atoms with Gasteiger partial charge in [0, 0.05) is 17.1 Å². The molecule has 0 spiro atoms. The Labute approximate surface area is 155 Å². The second-order valence-electron chi connectivity index (χ2n) is 6.54. The Bertz CT molecular complexity index is 756. The van der Waals surface area contributed by atoms with Crippen molar-refractivity contribution in [2.75, 3.05) is 13.1 Å². The van der Waals surface area contributed by atoms with Gasteiger partial charge in [-0.3, -0.25) is 9.69 Å². The molecule has 0 unspecified atom stereocenters. The van der Waals surface area contributed by atoms with Crippen LogP contribution in [-0.4, -0.2) is 46.2 Å². The lowest BCUT2D eigenvalue weighted by atomic mass is 9.79. The summed E-state index contributed by atoms with van der Waals surface area (Å²) in [4.78, 5) is 15.0. The molecular formula is C17H19ClN4O2S.